The minimum Gasteiger partial charge on any atom is -0.462 e. The summed E-state index contributed by atoms with van der Waals surface area (Å²) < 4.78 is 5.49. The van der Waals surface area contributed by atoms with Crippen molar-refractivity contribution in [1.82, 2.24) is 0 Å². The SMILES string of the molecule is NC1C=CCC1C(=O)OC1CCCCC1. The van der Waals surface area contributed by atoms with Gasteiger partial charge >= 0.3 is 5.97 Å². The van der Waals surface area contributed by atoms with Gasteiger partial charge in [-0.05, 0) is 32.1 Å². The van der Waals surface area contributed by atoms with E-state index in [4.69, 9.17) is 10.5 Å². The normalized spacial score (nSPS) is 31.8. The molecule has 0 heterocycles. The topological polar surface area (TPSA) is 52.3 Å². The fraction of sp³-hybridized carbons (Fsp3) is 0.750. The van der Waals surface area contributed by atoms with Crippen molar-refractivity contribution in [2.24, 2.45) is 11.7 Å². The van der Waals surface area contributed by atoms with Gasteiger partial charge in [0.05, 0.1) is 5.92 Å². The van der Waals surface area contributed by atoms with Gasteiger partial charge in [-0.2, -0.15) is 0 Å². The number of rotatable bonds is 2. The van der Waals surface area contributed by atoms with Crippen molar-refractivity contribution < 1.29 is 9.53 Å². The van der Waals surface area contributed by atoms with E-state index in [0.29, 0.717) is 0 Å². The van der Waals surface area contributed by atoms with E-state index in [1.807, 2.05) is 12.2 Å². The molecule has 84 valence electrons. The van der Waals surface area contributed by atoms with Crippen molar-refractivity contribution in [2.75, 3.05) is 0 Å². The summed E-state index contributed by atoms with van der Waals surface area (Å²) in [7, 11) is 0. The van der Waals surface area contributed by atoms with Gasteiger partial charge in [0.25, 0.3) is 0 Å². The molecule has 3 heteroatoms. The molecule has 0 bridgehead atoms. The molecule has 0 saturated heterocycles. The van der Waals surface area contributed by atoms with Crippen LogP contribution in [0.2, 0.25) is 0 Å². The van der Waals surface area contributed by atoms with Gasteiger partial charge in [-0.15, -0.1) is 0 Å². The smallest absolute Gasteiger partial charge is 0.311 e. The van der Waals surface area contributed by atoms with Crippen LogP contribution in [0.5, 0.6) is 0 Å². The third-order valence-corrected chi connectivity index (χ3v) is 3.35. The van der Waals surface area contributed by atoms with Gasteiger partial charge in [-0.3, -0.25) is 4.79 Å². The lowest BCUT2D eigenvalue weighted by Gasteiger charge is -2.24. The zero-order valence-electron chi connectivity index (χ0n) is 9.02. The molecule has 0 amide bonds. The predicted molar refractivity (Wildman–Crippen MR) is 58.2 cm³/mol. The monoisotopic (exact) mass is 209 g/mol. The van der Waals surface area contributed by atoms with Crippen molar-refractivity contribution in [1.29, 1.82) is 0 Å². The van der Waals surface area contributed by atoms with Crippen molar-refractivity contribution >= 4 is 5.97 Å². The second kappa shape index (κ2) is 4.79. The van der Waals surface area contributed by atoms with Gasteiger partial charge in [-0.25, -0.2) is 0 Å². The molecule has 2 rings (SSSR count). The number of hydrogen-bond donors (Lipinski definition) is 1. The Balaban J connectivity index is 1.81. The number of ether oxygens (including phenoxy) is 1. The average molecular weight is 209 g/mol. The predicted octanol–water partition coefficient (Wildman–Crippen LogP) is 1.77. The quantitative estimate of drug-likeness (QED) is 0.557. The summed E-state index contributed by atoms with van der Waals surface area (Å²) in [6.07, 6.45) is 10.5. The molecule has 15 heavy (non-hydrogen) atoms. The molecule has 0 aromatic carbocycles. The molecule has 0 aliphatic heterocycles. The van der Waals surface area contributed by atoms with Crippen LogP contribution in [0.15, 0.2) is 12.2 Å². The van der Waals surface area contributed by atoms with Crippen LogP contribution in [-0.4, -0.2) is 18.1 Å². The van der Waals surface area contributed by atoms with E-state index in [2.05, 4.69) is 0 Å². The number of esters is 1. The molecular weight excluding hydrogens is 190 g/mol. The summed E-state index contributed by atoms with van der Waals surface area (Å²) in [4.78, 5) is 11.8. The van der Waals surface area contributed by atoms with Gasteiger partial charge in [0.1, 0.15) is 6.10 Å². The Morgan fingerprint density at radius 1 is 1.27 bits per heavy atom. The lowest BCUT2D eigenvalue weighted by Crippen LogP contribution is -2.34. The molecule has 0 radical (unpaired) electrons. The van der Waals surface area contributed by atoms with Crippen LogP contribution in [0.3, 0.4) is 0 Å². The van der Waals surface area contributed by atoms with E-state index in [9.17, 15) is 4.79 Å². The van der Waals surface area contributed by atoms with E-state index >= 15 is 0 Å². The van der Waals surface area contributed by atoms with Gasteiger partial charge in [0.2, 0.25) is 0 Å². The zero-order chi connectivity index (χ0) is 10.7. The summed E-state index contributed by atoms with van der Waals surface area (Å²) in [5.74, 6) is -0.230. The highest BCUT2D eigenvalue weighted by atomic mass is 16.5. The van der Waals surface area contributed by atoms with E-state index in [-0.39, 0.29) is 24.0 Å². The van der Waals surface area contributed by atoms with Crippen LogP contribution in [0, 0.1) is 5.92 Å². The third kappa shape index (κ3) is 2.59. The van der Waals surface area contributed by atoms with Crippen molar-refractivity contribution in [3.63, 3.8) is 0 Å². The van der Waals surface area contributed by atoms with Crippen LogP contribution in [0.25, 0.3) is 0 Å². The summed E-state index contributed by atoms with van der Waals surface area (Å²) in [5.41, 5.74) is 5.80. The fourth-order valence-electron chi connectivity index (χ4n) is 2.36. The maximum atomic E-state index is 11.8. The molecule has 1 fully saturated rings. The molecule has 3 nitrogen and oxygen atoms in total. The number of carbonyl (C=O) groups is 1. The second-order valence-electron chi connectivity index (χ2n) is 4.54. The highest BCUT2D eigenvalue weighted by Gasteiger charge is 2.30. The summed E-state index contributed by atoms with van der Waals surface area (Å²) in [6.45, 7) is 0. The van der Waals surface area contributed by atoms with E-state index < -0.39 is 0 Å². The minimum absolute atomic E-state index is 0.0978. The molecule has 2 N–H and O–H groups in total. The van der Waals surface area contributed by atoms with Gasteiger partial charge in [0, 0.05) is 6.04 Å². The van der Waals surface area contributed by atoms with Gasteiger partial charge in [0.15, 0.2) is 0 Å². The van der Waals surface area contributed by atoms with Crippen LogP contribution in [0.4, 0.5) is 0 Å². The van der Waals surface area contributed by atoms with Crippen molar-refractivity contribution in [3.8, 4) is 0 Å². The summed E-state index contributed by atoms with van der Waals surface area (Å²) in [5, 5.41) is 0. The van der Waals surface area contributed by atoms with Gasteiger partial charge < -0.3 is 10.5 Å². The van der Waals surface area contributed by atoms with Crippen LogP contribution in [-0.2, 0) is 9.53 Å². The molecule has 0 aromatic heterocycles. The maximum Gasteiger partial charge on any atom is 0.311 e. The first kappa shape index (κ1) is 10.7. The highest BCUT2D eigenvalue weighted by molar-refractivity contribution is 5.74. The lowest BCUT2D eigenvalue weighted by molar-refractivity contribution is -0.155. The molecule has 2 aliphatic carbocycles. The van der Waals surface area contributed by atoms with E-state index in [1.165, 1.54) is 19.3 Å². The number of allylic oxidation sites excluding steroid dienone is 1. The maximum absolute atomic E-state index is 11.8. The Kier molecular flexibility index (Phi) is 3.41. The first-order chi connectivity index (χ1) is 7.27. The second-order valence-corrected chi connectivity index (χ2v) is 4.54. The Morgan fingerprint density at radius 2 is 2.00 bits per heavy atom. The average Bonchev–Trinajstić information content (AvgIpc) is 2.66. The van der Waals surface area contributed by atoms with Crippen molar-refractivity contribution in [2.45, 2.75) is 50.7 Å². The van der Waals surface area contributed by atoms with Gasteiger partial charge in [-0.1, -0.05) is 18.6 Å². The molecule has 0 spiro atoms. The summed E-state index contributed by atoms with van der Waals surface area (Å²) in [6, 6.07) is -0.138. The number of nitrogens with two attached hydrogens (primary N) is 1. The Bertz CT molecular complexity index is 256. The molecule has 1 saturated carbocycles. The summed E-state index contributed by atoms with van der Waals surface area (Å²) >= 11 is 0. The molecule has 2 aliphatic rings. The van der Waals surface area contributed by atoms with Crippen LogP contribution in [0.1, 0.15) is 38.5 Å². The largest absolute Gasteiger partial charge is 0.462 e. The molecule has 0 aromatic rings. The van der Waals surface area contributed by atoms with E-state index in [1.54, 1.807) is 0 Å². The Labute approximate surface area is 90.7 Å². The Hall–Kier alpha value is -0.830. The lowest BCUT2D eigenvalue weighted by atomic mass is 9.97. The minimum atomic E-state index is -0.138. The first-order valence-electron chi connectivity index (χ1n) is 5.90. The molecule has 2 atom stereocenters. The zero-order valence-corrected chi connectivity index (χ0v) is 9.02. The fourth-order valence-corrected chi connectivity index (χ4v) is 2.36. The van der Waals surface area contributed by atoms with E-state index in [0.717, 1.165) is 19.3 Å². The number of carbonyl (C=O) groups excluding carboxylic acids is 1. The third-order valence-electron chi connectivity index (χ3n) is 3.35. The standard InChI is InChI=1S/C12H19NO2/c13-11-8-4-7-10(11)12(14)15-9-5-2-1-3-6-9/h4,8-11H,1-3,5-7,13H2. The molecule has 2 unspecified atom stereocenters. The Morgan fingerprint density at radius 3 is 2.60 bits per heavy atom. The molecular formula is C12H19NO2. The number of hydrogen-bond acceptors (Lipinski definition) is 3. The van der Waals surface area contributed by atoms with Crippen LogP contribution < -0.4 is 5.73 Å². The van der Waals surface area contributed by atoms with Crippen LogP contribution >= 0.6 is 0 Å². The first-order valence-corrected chi connectivity index (χ1v) is 5.90. The highest BCUT2D eigenvalue weighted by Crippen LogP contribution is 2.24. The van der Waals surface area contributed by atoms with Crippen molar-refractivity contribution in [3.05, 3.63) is 12.2 Å².